The summed E-state index contributed by atoms with van der Waals surface area (Å²) in [5.74, 6) is 1.95. The maximum absolute atomic E-state index is 12.1. The Bertz CT molecular complexity index is 662. The van der Waals surface area contributed by atoms with E-state index < -0.39 is 0 Å². The van der Waals surface area contributed by atoms with Gasteiger partial charge in [-0.25, -0.2) is 9.97 Å². The van der Waals surface area contributed by atoms with Crippen molar-refractivity contribution in [2.75, 3.05) is 49.9 Å². The standard InChI is InChI=1S/C19H25N5OS/c25-18(20-10-5-15-26-17-6-2-1-3-7-17)16-23-11-13-24(14-12-23)19-21-8-4-9-22-19/h1-4,6-9H,5,10-16H2,(H,20,25)/p+1. The number of rotatable bonds is 8. The molecule has 3 rings (SSSR count). The van der Waals surface area contributed by atoms with E-state index in [-0.39, 0.29) is 5.91 Å². The Kier molecular flexibility index (Phi) is 7.27. The highest BCUT2D eigenvalue weighted by Gasteiger charge is 2.23. The number of nitrogens with one attached hydrogen (secondary N) is 2. The summed E-state index contributed by atoms with van der Waals surface area (Å²) in [4.78, 5) is 25.5. The third-order valence-electron chi connectivity index (χ3n) is 4.37. The van der Waals surface area contributed by atoms with Gasteiger partial charge in [0.1, 0.15) is 0 Å². The molecule has 1 amide bonds. The molecule has 1 aromatic heterocycles. The molecule has 0 atom stereocenters. The van der Waals surface area contributed by atoms with E-state index >= 15 is 0 Å². The molecule has 2 aromatic rings. The highest BCUT2D eigenvalue weighted by atomic mass is 32.2. The fourth-order valence-corrected chi connectivity index (χ4v) is 3.82. The van der Waals surface area contributed by atoms with Gasteiger partial charge in [0.2, 0.25) is 5.95 Å². The molecule has 6 nitrogen and oxygen atoms in total. The highest BCUT2D eigenvalue weighted by Crippen LogP contribution is 2.17. The summed E-state index contributed by atoms with van der Waals surface area (Å²) < 4.78 is 0. The van der Waals surface area contributed by atoms with Crippen molar-refractivity contribution in [2.24, 2.45) is 0 Å². The van der Waals surface area contributed by atoms with Crippen LogP contribution in [0, 0.1) is 0 Å². The molecule has 0 bridgehead atoms. The average Bonchev–Trinajstić information content (AvgIpc) is 2.70. The third-order valence-corrected chi connectivity index (χ3v) is 5.47. The summed E-state index contributed by atoms with van der Waals surface area (Å²) in [6, 6.07) is 12.2. The molecule has 1 aromatic carbocycles. The van der Waals surface area contributed by atoms with Crippen LogP contribution in [0.3, 0.4) is 0 Å². The van der Waals surface area contributed by atoms with Crippen molar-refractivity contribution in [3.63, 3.8) is 0 Å². The minimum Gasteiger partial charge on any atom is -0.351 e. The molecule has 0 saturated carbocycles. The Labute approximate surface area is 159 Å². The van der Waals surface area contributed by atoms with Crippen molar-refractivity contribution in [3.05, 3.63) is 48.8 Å². The Morgan fingerprint density at radius 1 is 1.12 bits per heavy atom. The van der Waals surface area contributed by atoms with Crippen LogP contribution in [0.25, 0.3) is 0 Å². The SMILES string of the molecule is O=C(C[NH+]1CCN(c2ncccn2)CC1)NCCCSc1ccccc1. The number of carbonyl (C=O) groups is 1. The number of thioether (sulfide) groups is 1. The molecule has 138 valence electrons. The second-order valence-corrected chi connectivity index (χ2v) is 7.50. The summed E-state index contributed by atoms with van der Waals surface area (Å²) in [6.45, 7) is 4.96. The molecule has 2 heterocycles. The van der Waals surface area contributed by atoms with Gasteiger partial charge in [0.25, 0.3) is 5.91 Å². The van der Waals surface area contributed by atoms with Gasteiger partial charge in [-0.15, -0.1) is 11.8 Å². The predicted molar refractivity (Wildman–Crippen MR) is 105 cm³/mol. The van der Waals surface area contributed by atoms with E-state index in [1.807, 2.05) is 23.9 Å². The zero-order valence-electron chi connectivity index (χ0n) is 14.9. The van der Waals surface area contributed by atoms with Crippen molar-refractivity contribution >= 4 is 23.6 Å². The van der Waals surface area contributed by atoms with Gasteiger partial charge in [0, 0.05) is 23.8 Å². The van der Waals surface area contributed by atoms with E-state index in [4.69, 9.17) is 0 Å². The van der Waals surface area contributed by atoms with Crippen molar-refractivity contribution in [2.45, 2.75) is 11.3 Å². The van der Waals surface area contributed by atoms with E-state index in [1.165, 1.54) is 9.80 Å². The van der Waals surface area contributed by atoms with E-state index in [0.29, 0.717) is 6.54 Å². The molecule has 1 fully saturated rings. The molecule has 0 radical (unpaired) electrons. The molecular weight excluding hydrogens is 346 g/mol. The number of piperazine rings is 1. The van der Waals surface area contributed by atoms with Gasteiger partial charge in [-0.1, -0.05) is 18.2 Å². The number of amides is 1. The van der Waals surface area contributed by atoms with Crippen LogP contribution in [-0.2, 0) is 4.79 Å². The number of hydrogen-bond donors (Lipinski definition) is 2. The van der Waals surface area contributed by atoms with Crippen LogP contribution in [0.15, 0.2) is 53.7 Å². The summed E-state index contributed by atoms with van der Waals surface area (Å²) in [6.07, 6.45) is 4.52. The molecule has 1 aliphatic rings. The fraction of sp³-hybridized carbons (Fsp3) is 0.421. The molecule has 1 aliphatic heterocycles. The molecule has 7 heteroatoms. The zero-order chi connectivity index (χ0) is 18.0. The van der Waals surface area contributed by atoms with Gasteiger partial charge in [-0.2, -0.15) is 0 Å². The monoisotopic (exact) mass is 372 g/mol. The summed E-state index contributed by atoms with van der Waals surface area (Å²) in [7, 11) is 0. The number of hydrogen-bond acceptors (Lipinski definition) is 5. The second-order valence-electron chi connectivity index (χ2n) is 6.33. The highest BCUT2D eigenvalue weighted by molar-refractivity contribution is 7.99. The normalized spacial score (nSPS) is 15.0. The number of quaternary nitrogens is 1. The first kappa shape index (κ1) is 18.7. The van der Waals surface area contributed by atoms with Gasteiger partial charge >= 0.3 is 0 Å². The van der Waals surface area contributed by atoms with Crippen LogP contribution >= 0.6 is 11.8 Å². The average molecular weight is 373 g/mol. The maximum Gasteiger partial charge on any atom is 0.275 e. The third kappa shape index (κ3) is 6.00. The smallest absolute Gasteiger partial charge is 0.275 e. The number of aromatic nitrogens is 2. The number of anilines is 1. The first-order valence-electron chi connectivity index (χ1n) is 9.11. The Hall–Kier alpha value is -2.12. The molecule has 0 aliphatic carbocycles. The van der Waals surface area contributed by atoms with Gasteiger partial charge in [0.15, 0.2) is 6.54 Å². The van der Waals surface area contributed by atoms with E-state index in [2.05, 4.69) is 44.5 Å². The van der Waals surface area contributed by atoms with Crippen LogP contribution in [0.2, 0.25) is 0 Å². The Balaban J connectivity index is 1.27. The maximum atomic E-state index is 12.1. The Morgan fingerprint density at radius 2 is 1.85 bits per heavy atom. The molecule has 0 unspecified atom stereocenters. The topological polar surface area (TPSA) is 62.6 Å². The lowest BCUT2D eigenvalue weighted by atomic mass is 10.3. The second kappa shape index (κ2) is 10.1. The van der Waals surface area contributed by atoms with Crippen molar-refractivity contribution in [3.8, 4) is 0 Å². The zero-order valence-corrected chi connectivity index (χ0v) is 15.8. The van der Waals surface area contributed by atoms with Crippen molar-refractivity contribution in [1.82, 2.24) is 15.3 Å². The van der Waals surface area contributed by atoms with E-state index in [0.717, 1.165) is 50.8 Å². The van der Waals surface area contributed by atoms with Crippen LogP contribution in [-0.4, -0.2) is 60.9 Å². The van der Waals surface area contributed by atoms with Crippen molar-refractivity contribution < 1.29 is 9.69 Å². The van der Waals surface area contributed by atoms with Gasteiger partial charge in [-0.3, -0.25) is 4.79 Å². The van der Waals surface area contributed by atoms with Crippen LogP contribution in [0.4, 0.5) is 5.95 Å². The summed E-state index contributed by atoms with van der Waals surface area (Å²) in [5, 5.41) is 3.05. The number of nitrogens with zero attached hydrogens (tertiary/aromatic N) is 3. The summed E-state index contributed by atoms with van der Waals surface area (Å²) >= 11 is 1.83. The lowest BCUT2D eigenvalue weighted by molar-refractivity contribution is -0.892. The minimum absolute atomic E-state index is 0.147. The van der Waals surface area contributed by atoms with Crippen molar-refractivity contribution in [1.29, 1.82) is 0 Å². The molecular formula is C19H26N5OS+. The first-order valence-corrected chi connectivity index (χ1v) is 10.1. The Morgan fingerprint density at radius 3 is 2.58 bits per heavy atom. The number of carbonyl (C=O) groups excluding carboxylic acids is 1. The molecule has 26 heavy (non-hydrogen) atoms. The lowest BCUT2D eigenvalue weighted by Crippen LogP contribution is -3.16. The summed E-state index contributed by atoms with van der Waals surface area (Å²) in [5.41, 5.74) is 0. The van der Waals surface area contributed by atoms with Crippen LogP contribution < -0.4 is 15.1 Å². The molecule has 2 N–H and O–H groups in total. The van der Waals surface area contributed by atoms with Crippen LogP contribution in [0.1, 0.15) is 6.42 Å². The van der Waals surface area contributed by atoms with Gasteiger partial charge in [0.05, 0.1) is 26.2 Å². The fourth-order valence-electron chi connectivity index (χ4n) is 2.95. The van der Waals surface area contributed by atoms with E-state index in [1.54, 1.807) is 12.4 Å². The predicted octanol–water partition coefficient (Wildman–Crippen LogP) is 0.480. The molecule has 1 saturated heterocycles. The first-order chi connectivity index (χ1) is 12.8. The van der Waals surface area contributed by atoms with Crippen LogP contribution in [0.5, 0.6) is 0 Å². The number of benzene rings is 1. The lowest BCUT2D eigenvalue weighted by Gasteiger charge is -2.31. The van der Waals surface area contributed by atoms with E-state index in [9.17, 15) is 4.79 Å². The quantitative estimate of drug-likeness (QED) is 0.521. The van der Waals surface area contributed by atoms with Gasteiger partial charge < -0.3 is 15.1 Å². The molecule has 0 spiro atoms. The van der Waals surface area contributed by atoms with Gasteiger partial charge in [-0.05, 0) is 30.4 Å². The minimum atomic E-state index is 0.147. The largest absolute Gasteiger partial charge is 0.351 e.